The maximum atomic E-state index is 12.5. The average molecular weight is 367 g/mol. The number of thioether (sulfide) groups is 1. The van der Waals surface area contributed by atoms with Gasteiger partial charge in [-0.15, -0.1) is 24.9 Å². The Balaban J connectivity index is 2.11. The molecule has 0 aliphatic carbocycles. The Hall–Kier alpha value is -2.22. The molecular formula is C17H16F3N3OS. The van der Waals surface area contributed by atoms with Crippen LogP contribution >= 0.6 is 11.8 Å². The minimum Gasteiger partial charge on any atom is -0.406 e. The van der Waals surface area contributed by atoms with Gasteiger partial charge in [0.1, 0.15) is 17.1 Å². The van der Waals surface area contributed by atoms with Crippen LogP contribution in [-0.2, 0) is 7.05 Å². The molecule has 2 aromatic heterocycles. The number of halogens is 3. The summed E-state index contributed by atoms with van der Waals surface area (Å²) in [6.07, 6.45) is -2.95. The van der Waals surface area contributed by atoms with Crippen molar-refractivity contribution in [2.24, 2.45) is 7.05 Å². The van der Waals surface area contributed by atoms with Crippen LogP contribution in [-0.4, -0.2) is 26.7 Å². The van der Waals surface area contributed by atoms with E-state index in [1.54, 1.807) is 12.3 Å². The Kier molecular flexibility index (Phi) is 4.64. The monoisotopic (exact) mass is 367 g/mol. The number of pyridine rings is 1. The van der Waals surface area contributed by atoms with Crippen LogP contribution in [0.2, 0.25) is 0 Å². The van der Waals surface area contributed by atoms with Crippen molar-refractivity contribution in [3.63, 3.8) is 0 Å². The molecule has 25 heavy (non-hydrogen) atoms. The van der Waals surface area contributed by atoms with E-state index in [9.17, 15) is 13.2 Å². The zero-order valence-electron chi connectivity index (χ0n) is 13.9. The van der Waals surface area contributed by atoms with Crippen LogP contribution in [0.25, 0.3) is 22.6 Å². The molecule has 0 unspecified atom stereocenters. The molecule has 0 saturated carbocycles. The Morgan fingerprint density at radius 2 is 2.00 bits per heavy atom. The first-order valence-corrected chi connectivity index (χ1v) is 8.59. The molecule has 0 N–H and O–H groups in total. The predicted molar refractivity (Wildman–Crippen MR) is 91.8 cm³/mol. The van der Waals surface area contributed by atoms with Gasteiger partial charge < -0.3 is 9.30 Å². The lowest BCUT2D eigenvalue weighted by Gasteiger charge is -2.13. The highest BCUT2D eigenvalue weighted by molar-refractivity contribution is 7.99. The van der Waals surface area contributed by atoms with Gasteiger partial charge in [-0.05, 0) is 42.5 Å². The number of aryl methyl sites for hydroxylation is 2. The number of benzene rings is 1. The molecule has 3 aromatic rings. The summed E-state index contributed by atoms with van der Waals surface area (Å²) in [7, 11) is 1.84. The SMILES string of the molecule is CCSc1cc(OC(F)(F)F)ccc1-c1nc2cc(C)cnc2n1C. The average Bonchev–Trinajstić information content (AvgIpc) is 2.82. The fourth-order valence-corrected chi connectivity index (χ4v) is 3.40. The third kappa shape index (κ3) is 3.73. The molecule has 0 aliphatic heterocycles. The van der Waals surface area contributed by atoms with E-state index in [0.29, 0.717) is 16.5 Å². The highest BCUT2D eigenvalue weighted by Crippen LogP contribution is 2.36. The second-order valence-corrected chi connectivity index (χ2v) is 6.79. The van der Waals surface area contributed by atoms with Crippen molar-refractivity contribution in [2.45, 2.75) is 25.1 Å². The molecule has 0 spiro atoms. The van der Waals surface area contributed by atoms with Gasteiger partial charge in [0.25, 0.3) is 0 Å². The van der Waals surface area contributed by atoms with E-state index in [0.717, 1.165) is 22.3 Å². The smallest absolute Gasteiger partial charge is 0.406 e. The summed E-state index contributed by atoms with van der Waals surface area (Å²) in [6.45, 7) is 3.87. The molecule has 0 amide bonds. The van der Waals surface area contributed by atoms with E-state index in [4.69, 9.17) is 0 Å². The second kappa shape index (κ2) is 6.59. The maximum absolute atomic E-state index is 12.5. The van der Waals surface area contributed by atoms with Crippen molar-refractivity contribution < 1.29 is 17.9 Å². The zero-order valence-corrected chi connectivity index (χ0v) is 14.7. The van der Waals surface area contributed by atoms with Gasteiger partial charge in [0.15, 0.2) is 5.65 Å². The van der Waals surface area contributed by atoms with E-state index in [-0.39, 0.29) is 5.75 Å². The van der Waals surface area contributed by atoms with E-state index in [2.05, 4.69) is 14.7 Å². The Morgan fingerprint density at radius 3 is 2.68 bits per heavy atom. The number of imidazole rings is 1. The van der Waals surface area contributed by atoms with E-state index < -0.39 is 6.36 Å². The van der Waals surface area contributed by atoms with Crippen molar-refractivity contribution in [3.8, 4) is 17.1 Å². The molecule has 0 radical (unpaired) electrons. The lowest BCUT2D eigenvalue weighted by molar-refractivity contribution is -0.274. The molecule has 3 rings (SSSR count). The molecule has 8 heteroatoms. The van der Waals surface area contributed by atoms with Gasteiger partial charge in [0.2, 0.25) is 0 Å². The summed E-state index contributed by atoms with van der Waals surface area (Å²) in [5.74, 6) is 1.13. The van der Waals surface area contributed by atoms with Gasteiger partial charge in [-0.25, -0.2) is 9.97 Å². The van der Waals surface area contributed by atoms with Crippen molar-refractivity contribution in [3.05, 3.63) is 36.0 Å². The second-order valence-electron chi connectivity index (χ2n) is 5.49. The van der Waals surface area contributed by atoms with Gasteiger partial charge in [-0.3, -0.25) is 0 Å². The summed E-state index contributed by atoms with van der Waals surface area (Å²) in [4.78, 5) is 9.68. The van der Waals surface area contributed by atoms with E-state index in [1.807, 2.05) is 31.5 Å². The Labute approximate surface area is 147 Å². The van der Waals surface area contributed by atoms with Gasteiger partial charge in [0, 0.05) is 23.7 Å². The number of hydrogen-bond acceptors (Lipinski definition) is 4. The third-order valence-electron chi connectivity index (χ3n) is 3.57. The number of alkyl halides is 3. The van der Waals surface area contributed by atoms with Crippen molar-refractivity contribution in [2.75, 3.05) is 5.75 Å². The van der Waals surface area contributed by atoms with Crippen molar-refractivity contribution >= 4 is 22.9 Å². The van der Waals surface area contributed by atoms with Crippen LogP contribution in [0.1, 0.15) is 12.5 Å². The van der Waals surface area contributed by atoms with Crippen LogP contribution < -0.4 is 4.74 Å². The van der Waals surface area contributed by atoms with Crippen molar-refractivity contribution in [1.82, 2.24) is 14.5 Å². The summed E-state index contributed by atoms with van der Waals surface area (Å²) < 4.78 is 43.3. The van der Waals surface area contributed by atoms with Gasteiger partial charge in [-0.1, -0.05) is 6.92 Å². The number of aromatic nitrogens is 3. The molecule has 0 bridgehead atoms. The molecule has 1 aromatic carbocycles. The highest BCUT2D eigenvalue weighted by atomic mass is 32.2. The first-order chi connectivity index (χ1) is 11.8. The number of ether oxygens (including phenoxy) is 1. The van der Waals surface area contributed by atoms with Crippen LogP contribution in [0, 0.1) is 6.92 Å². The van der Waals surface area contributed by atoms with Crippen LogP contribution in [0.4, 0.5) is 13.2 Å². The van der Waals surface area contributed by atoms with Gasteiger partial charge in [-0.2, -0.15) is 0 Å². The third-order valence-corrected chi connectivity index (χ3v) is 4.51. The van der Waals surface area contributed by atoms with Crippen LogP contribution in [0.15, 0.2) is 35.4 Å². The quantitative estimate of drug-likeness (QED) is 0.612. The normalized spacial score (nSPS) is 11.9. The molecule has 132 valence electrons. The van der Waals surface area contributed by atoms with Gasteiger partial charge >= 0.3 is 6.36 Å². The number of hydrogen-bond donors (Lipinski definition) is 0. The first-order valence-electron chi connectivity index (χ1n) is 7.60. The zero-order chi connectivity index (χ0) is 18.2. The minimum atomic E-state index is -4.71. The number of nitrogens with zero attached hydrogens (tertiary/aromatic N) is 3. The predicted octanol–water partition coefficient (Wildman–Crippen LogP) is 4.95. The number of fused-ring (bicyclic) bond motifs is 1. The number of rotatable bonds is 4. The van der Waals surface area contributed by atoms with Crippen LogP contribution in [0.5, 0.6) is 5.75 Å². The summed E-state index contributed by atoms with van der Waals surface area (Å²) >= 11 is 1.44. The first kappa shape index (κ1) is 17.6. The topological polar surface area (TPSA) is 39.9 Å². The molecule has 0 aliphatic rings. The van der Waals surface area contributed by atoms with E-state index >= 15 is 0 Å². The molecule has 2 heterocycles. The van der Waals surface area contributed by atoms with Crippen molar-refractivity contribution in [1.29, 1.82) is 0 Å². The lowest BCUT2D eigenvalue weighted by Crippen LogP contribution is -2.17. The fraction of sp³-hybridized carbons (Fsp3) is 0.294. The summed E-state index contributed by atoms with van der Waals surface area (Å²) in [6, 6.07) is 6.24. The molecule has 0 saturated heterocycles. The Bertz CT molecular complexity index is 921. The Morgan fingerprint density at radius 1 is 1.24 bits per heavy atom. The van der Waals surface area contributed by atoms with Crippen LogP contribution in [0.3, 0.4) is 0 Å². The highest BCUT2D eigenvalue weighted by Gasteiger charge is 2.31. The summed E-state index contributed by atoms with van der Waals surface area (Å²) in [5, 5.41) is 0. The maximum Gasteiger partial charge on any atom is 0.573 e. The van der Waals surface area contributed by atoms with Gasteiger partial charge in [0.05, 0.1) is 0 Å². The molecule has 0 fully saturated rings. The largest absolute Gasteiger partial charge is 0.573 e. The fourth-order valence-electron chi connectivity index (χ4n) is 2.58. The molecule has 4 nitrogen and oxygen atoms in total. The minimum absolute atomic E-state index is 0.236. The van der Waals surface area contributed by atoms with E-state index in [1.165, 1.54) is 23.9 Å². The standard InChI is InChI=1S/C17H16F3N3OS/c1-4-25-14-8-11(24-17(18,19)20)5-6-12(14)15-22-13-7-10(2)9-21-16(13)23(15)3/h5-9H,4H2,1-3H3. The molecule has 0 atom stereocenters. The summed E-state index contributed by atoms with van der Waals surface area (Å²) in [5.41, 5.74) is 3.22. The lowest BCUT2D eigenvalue weighted by atomic mass is 10.2. The molecular weight excluding hydrogens is 351 g/mol.